The SMILES string of the molecule is Cc1cccc(NCC(O)Cn2c3ccc(I)cc3c3cc(I)ccc32)c1C. The molecule has 1 heterocycles. The molecule has 0 saturated heterocycles. The van der Waals surface area contributed by atoms with Crippen LogP contribution in [0.15, 0.2) is 54.6 Å². The monoisotopic (exact) mass is 596 g/mol. The van der Waals surface area contributed by atoms with Gasteiger partial charge in [-0.2, -0.15) is 0 Å². The van der Waals surface area contributed by atoms with Gasteiger partial charge < -0.3 is 15.0 Å². The first-order valence-electron chi connectivity index (χ1n) is 9.29. The van der Waals surface area contributed by atoms with Crippen LogP contribution in [0.5, 0.6) is 0 Å². The number of hydrogen-bond acceptors (Lipinski definition) is 2. The van der Waals surface area contributed by atoms with Gasteiger partial charge in [-0.25, -0.2) is 0 Å². The van der Waals surface area contributed by atoms with E-state index >= 15 is 0 Å². The number of anilines is 1. The lowest BCUT2D eigenvalue weighted by molar-refractivity contribution is 0.169. The van der Waals surface area contributed by atoms with E-state index in [1.165, 1.54) is 40.1 Å². The molecule has 28 heavy (non-hydrogen) atoms. The number of hydrogen-bond donors (Lipinski definition) is 2. The van der Waals surface area contributed by atoms with Crippen LogP contribution in [-0.4, -0.2) is 22.3 Å². The van der Waals surface area contributed by atoms with Crippen LogP contribution in [0.3, 0.4) is 0 Å². The number of aliphatic hydroxyl groups excluding tert-OH is 1. The molecule has 1 unspecified atom stereocenters. The van der Waals surface area contributed by atoms with Crippen LogP contribution in [0.2, 0.25) is 0 Å². The van der Waals surface area contributed by atoms with E-state index in [2.05, 4.69) is 117 Å². The highest BCUT2D eigenvalue weighted by atomic mass is 127. The summed E-state index contributed by atoms with van der Waals surface area (Å²) in [6, 6.07) is 19.3. The Balaban J connectivity index is 1.64. The van der Waals surface area contributed by atoms with Crippen molar-refractivity contribution < 1.29 is 5.11 Å². The molecule has 1 aromatic heterocycles. The number of aliphatic hydroxyl groups is 1. The molecule has 3 aromatic carbocycles. The molecule has 0 radical (unpaired) electrons. The molecule has 0 aliphatic heterocycles. The van der Waals surface area contributed by atoms with Gasteiger partial charge in [0.05, 0.1) is 12.6 Å². The van der Waals surface area contributed by atoms with E-state index in [0.29, 0.717) is 13.1 Å². The molecule has 4 rings (SSSR count). The largest absolute Gasteiger partial charge is 0.389 e. The van der Waals surface area contributed by atoms with E-state index in [1.54, 1.807) is 0 Å². The molecule has 144 valence electrons. The van der Waals surface area contributed by atoms with E-state index in [1.807, 2.05) is 6.07 Å². The molecule has 5 heteroatoms. The maximum atomic E-state index is 10.8. The number of halogens is 2. The van der Waals surface area contributed by atoms with Crippen molar-refractivity contribution in [2.75, 3.05) is 11.9 Å². The van der Waals surface area contributed by atoms with Crippen LogP contribution in [0.25, 0.3) is 21.8 Å². The molecule has 0 spiro atoms. The molecule has 0 fully saturated rings. The highest BCUT2D eigenvalue weighted by Gasteiger charge is 2.15. The summed E-state index contributed by atoms with van der Waals surface area (Å²) < 4.78 is 4.69. The Morgan fingerprint density at radius 1 is 0.929 bits per heavy atom. The summed E-state index contributed by atoms with van der Waals surface area (Å²) in [6.45, 7) is 5.29. The molecule has 0 bridgehead atoms. The van der Waals surface area contributed by atoms with Crippen LogP contribution < -0.4 is 5.32 Å². The van der Waals surface area contributed by atoms with Crippen LogP contribution >= 0.6 is 45.2 Å². The number of benzene rings is 3. The smallest absolute Gasteiger partial charge is 0.0891 e. The second kappa shape index (κ2) is 8.20. The summed E-state index contributed by atoms with van der Waals surface area (Å²) in [5, 5.41) is 16.7. The highest BCUT2D eigenvalue weighted by molar-refractivity contribution is 14.1. The van der Waals surface area contributed by atoms with Crippen molar-refractivity contribution in [1.29, 1.82) is 0 Å². The van der Waals surface area contributed by atoms with Crippen LogP contribution in [0.1, 0.15) is 11.1 Å². The minimum absolute atomic E-state index is 0.489. The Morgan fingerprint density at radius 3 is 2.14 bits per heavy atom. The summed E-state index contributed by atoms with van der Waals surface area (Å²) in [4.78, 5) is 0. The minimum atomic E-state index is -0.489. The molecule has 0 amide bonds. The number of aryl methyl sites for hydroxylation is 1. The van der Waals surface area contributed by atoms with Gasteiger partial charge in [-0.3, -0.25) is 0 Å². The van der Waals surface area contributed by atoms with Gasteiger partial charge in [0.1, 0.15) is 0 Å². The Bertz CT molecular complexity index is 1110. The number of fused-ring (bicyclic) bond motifs is 3. The quantitative estimate of drug-likeness (QED) is 0.274. The van der Waals surface area contributed by atoms with Gasteiger partial charge >= 0.3 is 0 Å². The first kappa shape index (κ1) is 20.0. The minimum Gasteiger partial charge on any atom is -0.389 e. The van der Waals surface area contributed by atoms with Crippen LogP contribution in [0, 0.1) is 21.0 Å². The van der Waals surface area contributed by atoms with E-state index in [4.69, 9.17) is 0 Å². The zero-order valence-corrected chi connectivity index (χ0v) is 20.2. The predicted octanol–water partition coefficient (Wildman–Crippen LogP) is 6.09. The molecule has 3 nitrogen and oxygen atoms in total. The third-order valence-corrected chi connectivity index (χ3v) is 6.66. The average Bonchev–Trinajstić information content (AvgIpc) is 2.95. The third kappa shape index (κ3) is 3.89. The van der Waals surface area contributed by atoms with Crippen LogP contribution in [0.4, 0.5) is 5.69 Å². The molecular weight excluding hydrogens is 574 g/mol. The molecule has 0 saturated carbocycles. The maximum Gasteiger partial charge on any atom is 0.0891 e. The number of rotatable bonds is 5. The Morgan fingerprint density at radius 2 is 1.54 bits per heavy atom. The first-order valence-corrected chi connectivity index (χ1v) is 11.4. The fourth-order valence-corrected chi connectivity index (χ4v) is 4.67. The molecule has 2 N–H and O–H groups in total. The van der Waals surface area contributed by atoms with Gasteiger partial charge in [-0.1, -0.05) is 12.1 Å². The molecule has 0 aliphatic rings. The Labute approximate surface area is 192 Å². The van der Waals surface area contributed by atoms with Crippen molar-refractivity contribution in [2.24, 2.45) is 0 Å². The van der Waals surface area contributed by atoms with Crippen LogP contribution in [-0.2, 0) is 6.54 Å². The van der Waals surface area contributed by atoms with E-state index < -0.39 is 6.10 Å². The summed E-state index contributed by atoms with van der Waals surface area (Å²) in [5.41, 5.74) is 5.92. The standard InChI is InChI=1S/C23H22I2N2O/c1-14-4-3-5-21(15(14)2)26-12-18(28)13-27-22-8-6-16(24)10-19(22)20-11-17(25)7-9-23(20)27/h3-11,18,26,28H,12-13H2,1-2H3. The Kier molecular flexibility index (Phi) is 5.85. The maximum absolute atomic E-state index is 10.8. The van der Waals surface area contributed by atoms with Crippen molar-refractivity contribution >= 4 is 72.7 Å². The van der Waals surface area contributed by atoms with Gasteiger partial charge in [0.2, 0.25) is 0 Å². The van der Waals surface area contributed by atoms with Crippen molar-refractivity contribution in [3.05, 3.63) is 72.9 Å². The molecule has 4 aromatic rings. The van der Waals surface area contributed by atoms with Gasteiger partial charge in [-0.05, 0) is 113 Å². The zero-order chi connectivity index (χ0) is 19.8. The van der Waals surface area contributed by atoms with Gasteiger partial charge in [0.15, 0.2) is 0 Å². The van der Waals surface area contributed by atoms with Crippen molar-refractivity contribution in [3.63, 3.8) is 0 Å². The summed E-state index contributed by atoms with van der Waals surface area (Å²) in [7, 11) is 0. The lowest BCUT2D eigenvalue weighted by Gasteiger charge is -2.17. The summed E-state index contributed by atoms with van der Waals surface area (Å²) in [5.74, 6) is 0. The normalized spacial score (nSPS) is 12.6. The lowest BCUT2D eigenvalue weighted by Crippen LogP contribution is -2.25. The molecule has 0 aliphatic carbocycles. The predicted molar refractivity (Wildman–Crippen MR) is 135 cm³/mol. The molecular formula is C23H22I2N2O. The van der Waals surface area contributed by atoms with E-state index in [0.717, 1.165) is 5.69 Å². The number of nitrogens with zero attached hydrogens (tertiary/aromatic N) is 1. The van der Waals surface area contributed by atoms with Crippen molar-refractivity contribution in [2.45, 2.75) is 26.5 Å². The molecule has 1 atom stereocenters. The fourth-order valence-electron chi connectivity index (χ4n) is 3.69. The van der Waals surface area contributed by atoms with E-state index in [9.17, 15) is 5.11 Å². The van der Waals surface area contributed by atoms with Crippen molar-refractivity contribution in [1.82, 2.24) is 4.57 Å². The van der Waals surface area contributed by atoms with Gasteiger partial charge in [0, 0.05) is 41.2 Å². The van der Waals surface area contributed by atoms with Gasteiger partial charge in [-0.15, -0.1) is 0 Å². The topological polar surface area (TPSA) is 37.2 Å². The average molecular weight is 596 g/mol. The Hall–Kier alpha value is -1.32. The van der Waals surface area contributed by atoms with Crippen molar-refractivity contribution in [3.8, 4) is 0 Å². The summed E-state index contributed by atoms with van der Waals surface area (Å²) in [6.07, 6.45) is -0.489. The fraction of sp³-hybridized carbons (Fsp3) is 0.217. The second-order valence-electron chi connectivity index (χ2n) is 7.22. The zero-order valence-electron chi connectivity index (χ0n) is 15.8. The second-order valence-corrected chi connectivity index (χ2v) is 9.71. The summed E-state index contributed by atoms with van der Waals surface area (Å²) >= 11 is 4.72. The lowest BCUT2D eigenvalue weighted by atomic mass is 10.1. The van der Waals surface area contributed by atoms with E-state index in [-0.39, 0.29) is 0 Å². The third-order valence-electron chi connectivity index (χ3n) is 5.32. The number of aromatic nitrogens is 1. The number of nitrogens with one attached hydrogen (secondary N) is 1. The highest BCUT2D eigenvalue weighted by Crippen LogP contribution is 2.31. The van der Waals surface area contributed by atoms with Gasteiger partial charge in [0.25, 0.3) is 0 Å². The first-order chi connectivity index (χ1) is 13.4.